The fourth-order valence-corrected chi connectivity index (χ4v) is 4.12. The molecule has 1 amide bonds. The third-order valence-corrected chi connectivity index (χ3v) is 5.88. The van der Waals surface area contributed by atoms with E-state index in [1.165, 1.54) is 5.56 Å². The maximum Gasteiger partial charge on any atom is 0.251 e. The van der Waals surface area contributed by atoms with Crippen LogP contribution >= 0.6 is 23.4 Å². The molecule has 7 heteroatoms. The quantitative estimate of drug-likeness (QED) is 0.454. The lowest BCUT2D eigenvalue weighted by molar-refractivity contribution is 0.0963. The molecule has 0 aliphatic carbocycles. The second-order valence-electron chi connectivity index (χ2n) is 6.54. The summed E-state index contributed by atoms with van der Waals surface area (Å²) in [6.07, 6.45) is 3.60. The summed E-state index contributed by atoms with van der Waals surface area (Å²) in [5, 5.41) is 4.30. The van der Waals surface area contributed by atoms with Gasteiger partial charge in [-0.2, -0.15) is 0 Å². The van der Waals surface area contributed by atoms with E-state index in [0.29, 0.717) is 12.1 Å². The fourth-order valence-electron chi connectivity index (χ4n) is 3.03. The van der Waals surface area contributed by atoms with Crippen LogP contribution in [0.25, 0.3) is 11.0 Å². The summed E-state index contributed by atoms with van der Waals surface area (Å²) in [4.78, 5) is 20.8. The zero-order valence-corrected chi connectivity index (χ0v) is 17.4. The number of imidazole rings is 1. The van der Waals surface area contributed by atoms with Crippen molar-refractivity contribution in [3.63, 3.8) is 0 Å². The van der Waals surface area contributed by atoms with Crippen molar-refractivity contribution in [1.29, 1.82) is 0 Å². The SMILES string of the molecule is CNC(=O)c1ccc(Cn2c(SCc3ccc(Cl)cc3)nc3ccncc32)cc1. The van der Waals surface area contributed by atoms with Crippen molar-refractivity contribution in [3.05, 3.63) is 88.7 Å². The van der Waals surface area contributed by atoms with E-state index in [0.717, 1.165) is 32.5 Å². The average molecular weight is 423 g/mol. The summed E-state index contributed by atoms with van der Waals surface area (Å²) < 4.78 is 2.16. The molecule has 1 N–H and O–H groups in total. The number of carbonyl (C=O) groups excluding carboxylic acids is 1. The maximum atomic E-state index is 11.8. The van der Waals surface area contributed by atoms with Gasteiger partial charge in [-0.25, -0.2) is 4.98 Å². The largest absolute Gasteiger partial charge is 0.355 e. The normalized spacial score (nSPS) is 11.0. The van der Waals surface area contributed by atoms with Gasteiger partial charge in [0.1, 0.15) is 0 Å². The number of hydrogen-bond acceptors (Lipinski definition) is 4. The summed E-state index contributed by atoms with van der Waals surface area (Å²) >= 11 is 7.66. The Kier molecular flexibility index (Phi) is 5.83. The minimum absolute atomic E-state index is 0.0898. The first-order valence-corrected chi connectivity index (χ1v) is 10.5. The first-order valence-electron chi connectivity index (χ1n) is 9.12. The average Bonchev–Trinajstić information content (AvgIpc) is 3.11. The van der Waals surface area contributed by atoms with Gasteiger partial charge in [0.25, 0.3) is 5.91 Å². The Morgan fingerprint density at radius 2 is 1.79 bits per heavy atom. The molecule has 0 aliphatic rings. The Hall–Kier alpha value is -2.83. The van der Waals surface area contributed by atoms with Gasteiger partial charge in [-0.05, 0) is 41.5 Å². The Labute approximate surface area is 178 Å². The molecular formula is C22H19ClN4OS. The molecule has 0 atom stereocenters. The number of hydrogen-bond donors (Lipinski definition) is 1. The van der Waals surface area contributed by atoms with E-state index in [1.54, 1.807) is 25.0 Å². The molecule has 29 heavy (non-hydrogen) atoms. The third kappa shape index (κ3) is 4.44. The zero-order chi connectivity index (χ0) is 20.2. The smallest absolute Gasteiger partial charge is 0.251 e. The Morgan fingerprint density at radius 3 is 2.52 bits per heavy atom. The van der Waals surface area contributed by atoms with Crippen molar-refractivity contribution in [2.75, 3.05) is 7.05 Å². The van der Waals surface area contributed by atoms with Gasteiger partial charge in [0, 0.05) is 29.6 Å². The van der Waals surface area contributed by atoms with E-state index in [9.17, 15) is 4.79 Å². The molecule has 2 aromatic carbocycles. The van der Waals surface area contributed by atoms with E-state index >= 15 is 0 Å². The highest BCUT2D eigenvalue weighted by molar-refractivity contribution is 7.98. The topological polar surface area (TPSA) is 59.8 Å². The molecule has 2 heterocycles. The predicted molar refractivity (Wildman–Crippen MR) is 117 cm³/mol. The lowest BCUT2D eigenvalue weighted by Gasteiger charge is -2.10. The highest BCUT2D eigenvalue weighted by Gasteiger charge is 2.13. The van der Waals surface area contributed by atoms with Crippen LogP contribution in [0.2, 0.25) is 5.02 Å². The highest BCUT2D eigenvalue weighted by atomic mass is 35.5. The van der Waals surface area contributed by atoms with Crippen LogP contribution in [0, 0.1) is 0 Å². The number of rotatable bonds is 6. The third-order valence-electron chi connectivity index (χ3n) is 4.58. The zero-order valence-electron chi connectivity index (χ0n) is 15.8. The molecule has 0 spiro atoms. The van der Waals surface area contributed by atoms with Crippen molar-refractivity contribution in [2.24, 2.45) is 0 Å². The molecule has 5 nitrogen and oxygen atoms in total. The van der Waals surface area contributed by atoms with Crippen LogP contribution in [-0.4, -0.2) is 27.5 Å². The van der Waals surface area contributed by atoms with Gasteiger partial charge in [-0.1, -0.05) is 47.6 Å². The van der Waals surface area contributed by atoms with Gasteiger partial charge in [0.2, 0.25) is 0 Å². The predicted octanol–water partition coefficient (Wildman–Crippen LogP) is 4.78. The van der Waals surface area contributed by atoms with Crippen molar-refractivity contribution in [2.45, 2.75) is 17.5 Å². The molecule has 0 aliphatic heterocycles. The number of halogens is 1. The second-order valence-corrected chi connectivity index (χ2v) is 7.92. The standard InChI is InChI=1S/C22H19ClN4OS/c1-24-21(28)17-6-2-15(3-7-17)13-27-20-12-25-11-10-19(20)26-22(27)29-14-16-4-8-18(23)9-5-16/h2-12H,13-14H2,1H3,(H,24,28). The molecule has 4 aromatic rings. The second kappa shape index (κ2) is 8.68. The van der Waals surface area contributed by atoms with E-state index in [1.807, 2.05) is 60.8 Å². The summed E-state index contributed by atoms with van der Waals surface area (Å²) in [6.45, 7) is 0.652. The van der Waals surface area contributed by atoms with Crippen LogP contribution in [0.4, 0.5) is 0 Å². The molecule has 0 bridgehead atoms. The minimum atomic E-state index is -0.0898. The fraction of sp³-hybridized carbons (Fsp3) is 0.136. The number of benzene rings is 2. The van der Waals surface area contributed by atoms with Gasteiger partial charge >= 0.3 is 0 Å². The number of nitrogens with one attached hydrogen (secondary N) is 1. The summed E-state index contributed by atoms with van der Waals surface area (Å²) in [5.41, 5.74) is 4.83. The minimum Gasteiger partial charge on any atom is -0.355 e. The number of carbonyl (C=O) groups is 1. The van der Waals surface area contributed by atoms with Gasteiger partial charge in [-0.15, -0.1) is 0 Å². The van der Waals surface area contributed by atoms with E-state index in [4.69, 9.17) is 16.6 Å². The van der Waals surface area contributed by atoms with Crippen LogP contribution in [0.5, 0.6) is 0 Å². The van der Waals surface area contributed by atoms with Gasteiger partial charge in [-0.3, -0.25) is 9.78 Å². The monoisotopic (exact) mass is 422 g/mol. The van der Waals surface area contributed by atoms with Gasteiger partial charge in [0.05, 0.1) is 23.8 Å². The summed E-state index contributed by atoms with van der Waals surface area (Å²) in [5.74, 6) is 0.705. The number of aromatic nitrogens is 3. The van der Waals surface area contributed by atoms with Crippen LogP contribution in [0.1, 0.15) is 21.5 Å². The number of fused-ring (bicyclic) bond motifs is 1. The number of pyridine rings is 1. The van der Waals surface area contributed by atoms with Crippen LogP contribution in [-0.2, 0) is 12.3 Å². The number of amides is 1. The highest BCUT2D eigenvalue weighted by Crippen LogP contribution is 2.28. The van der Waals surface area contributed by atoms with Crippen LogP contribution in [0.15, 0.2) is 72.1 Å². The molecular weight excluding hydrogens is 404 g/mol. The van der Waals surface area contributed by atoms with Crippen molar-refractivity contribution >= 4 is 40.3 Å². The lowest BCUT2D eigenvalue weighted by Crippen LogP contribution is -2.17. The van der Waals surface area contributed by atoms with Crippen molar-refractivity contribution < 1.29 is 4.79 Å². The van der Waals surface area contributed by atoms with Gasteiger partial charge < -0.3 is 9.88 Å². The first kappa shape index (κ1) is 19.5. The maximum absolute atomic E-state index is 11.8. The molecule has 0 unspecified atom stereocenters. The molecule has 4 rings (SSSR count). The first-order chi connectivity index (χ1) is 14.1. The Bertz CT molecular complexity index is 1140. The number of thioether (sulfide) groups is 1. The molecule has 0 radical (unpaired) electrons. The summed E-state index contributed by atoms with van der Waals surface area (Å²) in [7, 11) is 1.63. The van der Waals surface area contributed by atoms with Crippen LogP contribution < -0.4 is 5.32 Å². The van der Waals surface area contributed by atoms with E-state index in [2.05, 4.69) is 14.9 Å². The molecule has 2 aromatic heterocycles. The van der Waals surface area contributed by atoms with Gasteiger partial charge in [0.15, 0.2) is 5.16 Å². The van der Waals surface area contributed by atoms with Crippen LogP contribution in [0.3, 0.4) is 0 Å². The molecule has 146 valence electrons. The Morgan fingerprint density at radius 1 is 1.07 bits per heavy atom. The summed E-state index contributed by atoms with van der Waals surface area (Å²) in [6, 6.07) is 17.4. The number of nitrogens with zero attached hydrogens (tertiary/aromatic N) is 3. The van der Waals surface area contributed by atoms with Crippen molar-refractivity contribution in [3.8, 4) is 0 Å². The van der Waals surface area contributed by atoms with E-state index < -0.39 is 0 Å². The molecule has 0 saturated carbocycles. The molecule has 0 saturated heterocycles. The van der Waals surface area contributed by atoms with E-state index in [-0.39, 0.29) is 5.91 Å². The van der Waals surface area contributed by atoms with Crippen molar-refractivity contribution in [1.82, 2.24) is 19.9 Å². The lowest BCUT2D eigenvalue weighted by atomic mass is 10.1. The Balaban J connectivity index is 1.61. The molecule has 0 fully saturated rings.